The SMILES string of the molecule is CC(C)(C)NC(=O)C1CCCN(Cc2nc(-c3ccc(Br)cc3)no2)C1. The molecule has 1 aliphatic heterocycles. The van der Waals surface area contributed by atoms with E-state index in [0.717, 1.165) is 36.0 Å². The van der Waals surface area contributed by atoms with Crippen molar-refractivity contribution in [3.63, 3.8) is 0 Å². The Bertz CT molecular complexity index is 752. The predicted molar refractivity (Wildman–Crippen MR) is 103 cm³/mol. The largest absolute Gasteiger partial charge is 0.351 e. The molecule has 1 aromatic heterocycles. The standard InChI is InChI=1S/C19H25BrN4O2/c1-19(2,3)22-18(25)14-5-4-10-24(11-14)12-16-21-17(23-26-16)13-6-8-15(20)9-7-13/h6-9,14H,4-5,10-12H2,1-3H3,(H,22,25). The zero-order chi connectivity index (χ0) is 18.7. The maximum atomic E-state index is 12.4. The summed E-state index contributed by atoms with van der Waals surface area (Å²) in [5.41, 5.74) is 0.718. The second-order valence-electron chi connectivity index (χ2n) is 7.83. The zero-order valence-corrected chi connectivity index (χ0v) is 17.0. The Labute approximate surface area is 162 Å². The number of carbonyl (C=O) groups excluding carboxylic acids is 1. The van der Waals surface area contributed by atoms with E-state index in [2.05, 4.69) is 36.3 Å². The number of carbonyl (C=O) groups is 1. The number of benzene rings is 1. The van der Waals surface area contributed by atoms with E-state index in [1.807, 2.05) is 45.0 Å². The van der Waals surface area contributed by atoms with Gasteiger partial charge in [-0.1, -0.05) is 21.1 Å². The number of nitrogens with zero attached hydrogens (tertiary/aromatic N) is 3. The molecule has 1 atom stereocenters. The minimum atomic E-state index is -0.203. The van der Waals surface area contributed by atoms with Gasteiger partial charge in [-0.3, -0.25) is 9.69 Å². The molecule has 7 heteroatoms. The van der Waals surface area contributed by atoms with E-state index in [4.69, 9.17) is 4.52 Å². The maximum Gasteiger partial charge on any atom is 0.241 e. The summed E-state index contributed by atoms with van der Waals surface area (Å²) in [5.74, 6) is 1.31. The number of nitrogens with one attached hydrogen (secondary N) is 1. The first-order valence-electron chi connectivity index (χ1n) is 8.93. The summed E-state index contributed by atoms with van der Waals surface area (Å²) in [6, 6.07) is 7.81. The fraction of sp³-hybridized carbons (Fsp3) is 0.526. The first-order valence-corrected chi connectivity index (χ1v) is 9.72. The van der Waals surface area contributed by atoms with Gasteiger partial charge in [0, 0.05) is 22.1 Å². The normalized spacial score (nSPS) is 18.7. The molecule has 1 aliphatic rings. The Hall–Kier alpha value is -1.73. The number of halogens is 1. The molecule has 26 heavy (non-hydrogen) atoms. The van der Waals surface area contributed by atoms with Crippen molar-refractivity contribution in [2.75, 3.05) is 13.1 Å². The van der Waals surface area contributed by atoms with Gasteiger partial charge in [-0.15, -0.1) is 0 Å². The van der Waals surface area contributed by atoms with Crippen molar-refractivity contribution in [2.45, 2.75) is 45.7 Å². The van der Waals surface area contributed by atoms with Crippen LogP contribution in [0.15, 0.2) is 33.3 Å². The van der Waals surface area contributed by atoms with E-state index in [0.29, 0.717) is 18.3 Å². The van der Waals surface area contributed by atoms with Gasteiger partial charge in [0.15, 0.2) is 0 Å². The van der Waals surface area contributed by atoms with E-state index in [1.54, 1.807) is 0 Å². The van der Waals surface area contributed by atoms with Crippen LogP contribution in [0.5, 0.6) is 0 Å². The molecule has 0 spiro atoms. The van der Waals surface area contributed by atoms with Crippen LogP contribution < -0.4 is 5.32 Å². The molecule has 2 heterocycles. The molecule has 0 saturated carbocycles. The van der Waals surface area contributed by atoms with Gasteiger partial charge in [0.05, 0.1) is 12.5 Å². The topological polar surface area (TPSA) is 71.3 Å². The van der Waals surface area contributed by atoms with Crippen LogP contribution in [0.25, 0.3) is 11.4 Å². The highest BCUT2D eigenvalue weighted by atomic mass is 79.9. The molecule has 1 N–H and O–H groups in total. The van der Waals surface area contributed by atoms with Crippen LogP contribution >= 0.6 is 15.9 Å². The predicted octanol–water partition coefficient (Wildman–Crippen LogP) is 3.63. The molecule has 1 unspecified atom stereocenters. The van der Waals surface area contributed by atoms with Crippen LogP contribution in [0.4, 0.5) is 0 Å². The smallest absolute Gasteiger partial charge is 0.241 e. The van der Waals surface area contributed by atoms with Crippen LogP contribution in [0.3, 0.4) is 0 Å². The van der Waals surface area contributed by atoms with Crippen molar-refractivity contribution >= 4 is 21.8 Å². The molecule has 0 radical (unpaired) electrons. The van der Waals surface area contributed by atoms with Crippen molar-refractivity contribution in [2.24, 2.45) is 5.92 Å². The van der Waals surface area contributed by atoms with Crippen LogP contribution in [0.2, 0.25) is 0 Å². The summed E-state index contributed by atoms with van der Waals surface area (Å²) in [6.45, 7) is 8.25. The number of amides is 1. The monoisotopic (exact) mass is 420 g/mol. The quantitative estimate of drug-likeness (QED) is 0.817. The lowest BCUT2D eigenvalue weighted by Crippen LogP contribution is -2.48. The fourth-order valence-corrected chi connectivity index (χ4v) is 3.38. The number of piperidine rings is 1. The van der Waals surface area contributed by atoms with Crippen molar-refractivity contribution in [1.29, 1.82) is 0 Å². The third-order valence-corrected chi connectivity index (χ3v) is 4.83. The summed E-state index contributed by atoms with van der Waals surface area (Å²) >= 11 is 3.42. The van der Waals surface area contributed by atoms with E-state index < -0.39 is 0 Å². The molecule has 3 rings (SSSR count). The lowest BCUT2D eigenvalue weighted by Gasteiger charge is -2.32. The average Bonchev–Trinajstić information content (AvgIpc) is 3.02. The van der Waals surface area contributed by atoms with E-state index >= 15 is 0 Å². The minimum absolute atomic E-state index is 0.0110. The van der Waals surface area contributed by atoms with Crippen molar-refractivity contribution in [1.82, 2.24) is 20.4 Å². The molecule has 1 amide bonds. The summed E-state index contributed by atoms with van der Waals surface area (Å²) in [5, 5.41) is 7.16. The van der Waals surface area contributed by atoms with E-state index in [-0.39, 0.29) is 17.4 Å². The van der Waals surface area contributed by atoms with Gasteiger partial charge in [0.1, 0.15) is 0 Å². The van der Waals surface area contributed by atoms with Gasteiger partial charge in [-0.05, 0) is 64.4 Å². The van der Waals surface area contributed by atoms with Gasteiger partial charge in [-0.25, -0.2) is 0 Å². The Balaban J connectivity index is 1.60. The van der Waals surface area contributed by atoms with E-state index in [9.17, 15) is 4.79 Å². The third kappa shape index (κ3) is 5.14. The lowest BCUT2D eigenvalue weighted by molar-refractivity contribution is -0.128. The molecular weight excluding hydrogens is 396 g/mol. The zero-order valence-electron chi connectivity index (χ0n) is 15.5. The molecule has 0 aliphatic carbocycles. The maximum absolute atomic E-state index is 12.4. The van der Waals surface area contributed by atoms with Crippen molar-refractivity contribution < 1.29 is 9.32 Å². The van der Waals surface area contributed by atoms with Gasteiger partial charge in [0.2, 0.25) is 17.6 Å². The van der Waals surface area contributed by atoms with Crippen LogP contribution in [0.1, 0.15) is 39.5 Å². The highest BCUT2D eigenvalue weighted by Crippen LogP contribution is 2.22. The fourth-order valence-electron chi connectivity index (χ4n) is 3.11. The Kier molecular flexibility index (Phi) is 5.77. The van der Waals surface area contributed by atoms with Gasteiger partial charge in [-0.2, -0.15) is 4.98 Å². The second-order valence-corrected chi connectivity index (χ2v) is 8.75. The molecule has 140 valence electrons. The molecule has 1 fully saturated rings. The highest BCUT2D eigenvalue weighted by molar-refractivity contribution is 9.10. The van der Waals surface area contributed by atoms with Crippen LogP contribution in [-0.2, 0) is 11.3 Å². The molecule has 1 aromatic carbocycles. The van der Waals surface area contributed by atoms with Crippen LogP contribution in [-0.4, -0.2) is 39.6 Å². The number of hydrogen-bond acceptors (Lipinski definition) is 5. The Morgan fingerprint density at radius 3 is 2.77 bits per heavy atom. The van der Waals surface area contributed by atoms with Gasteiger partial charge >= 0.3 is 0 Å². The van der Waals surface area contributed by atoms with Crippen LogP contribution in [0, 0.1) is 5.92 Å². The Morgan fingerprint density at radius 1 is 1.35 bits per heavy atom. The van der Waals surface area contributed by atoms with Gasteiger partial charge < -0.3 is 9.84 Å². The Morgan fingerprint density at radius 2 is 2.08 bits per heavy atom. The summed E-state index contributed by atoms with van der Waals surface area (Å²) in [6.07, 6.45) is 1.92. The second kappa shape index (κ2) is 7.88. The lowest BCUT2D eigenvalue weighted by atomic mass is 9.95. The number of rotatable bonds is 4. The summed E-state index contributed by atoms with van der Waals surface area (Å²) in [7, 11) is 0. The molecule has 0 bridgehead atoms. The minimum Gasteiger partial charge on any atom is -0.351 e. The third-order valence-electron chi connectivity index (χ3n) is 4.30. The first-order chi connectivity index (χ1) is 12.3. The average molecular weight is 421 g/mol. The van der Waals surface area contributed by atoms with Gasteiger partial charge in [0.25, 0.3) is 0 Å². The first kappa shape index (κ1) is 19.0. The highest BCUT2D eigenvalue weighted by Gasteiger charge is 2.28. The molecule has 1 saturated heterocycles. The van der Waals surface area contributed by atoms with Crippen molar-refractivity contribution in [3.05, 3.63) is 34.6 Å². The summed E-state index contributed by atoms with van der Waals surface area (Å²) < 4.78 is 6.43. The molecule has 6 nitrogen and oxygen atoms in total. The van der Waals surface area contributed by atoms with E-state index in [1.165, 1.54) is 0 Å². The molecule has 2 aromatic rings. The number of hydrogen-bond donors (Lipinski definition) is 1. The summed E-state index contributed by atoms with van der Waals surface area (Å²) in [4.78, 5) is 19.2. The number of aromatic nitrogens is 2. The molecular formula is C19H25BrN4O2. The number of likely N-dealkylation sites (tertiary alicyclic amines) is 1. The van der Waals surface area contributed by atoms with Crippen molar-refractivity contribution in [3.8, 4) is 11.4 Å².